The second-order valence-corrected chi connectivity index (χ2v) is 18.1. The summed E-state index contributed by atoms with van der Waals surface area (Å²) in [5.74, 6) is 7.17. The highest BCUT2D eigenvalue weighted by Gasteiger charge is 2.72. The van der Waals surface area contributed by atoms with Gasteiger partial charge in [-0.15, -0.1) is 0 Å². The third-order valence-electron chi connectivity index (χ3n) is 15.7. The van der Waals surface area contributed by atoms with E-state index >= 15 is 0 Å². The number of ether oxygens (including phenoxy) is 2. The lowest BCUT2D eigenvalue weighted by Gasteiger charge is -2.72. The van der Waals surface area contributed by atoms with Crippen LogP contribution in [0.2, 0.25) is 0 Å². The quantitative estimate of drug-likeness (QED) is 0.139. The molecule has 44 heavy (non-hydrogen) atoms. The summed E-state index contributed by atoms with van der Waals surface area (Å²) >= 11 is 0. The Morgan fingerprint density at radius 3 is 2.36 bits per heavy atom. The molecule has 4 aliphatic carbocycles. The van der Waals surface area contributed by atoms with Gasteiger partial charge in [-0.3, -0.25) is 16.1 Å². The standard InChI is InChI=1S/C37H65N3O4/c1-21(2)23(5)32(7)16-17-34(9)25-12-13-28-33(8)19-43-24(6)37(28,26(25)14-15-35(34,10)29(32)31(41)42)18-27(40-39)30(33)44-20-36(11,38)22(3)4/h14,21-25,27-30,40H,12-13,15-20,38-39H2,1-11H3,(H,41,42)/t23-,24+,25+,27?,28+,29-,30+,32-,33-,34-,35+,36+,37+/m1/s1. The van der Waals surface area contributed by atoms with E-state index in [0.29, 0.717) is 42.8 Å². The minimum absolute atomic E-state index is 0.0281. The second-order valence-electron chi connectivity index (χ2n) is 18.1. The maximum Gasteiger partial charge on any atom is 0.307 e. The first kappa shape index (κ1) is 34.3. The molecule has 5 aliphatic rings. The van der Waals surface area contributed by atoms with Crippen LogP contribution in [-0.2, 0) is 14.3 Å². The van der Waals surface area contributed by atoms with Gasteiger partial charge in [0.1, 0.15) is 0 Å². The molecule has 7 heteroatoms. The summed E-state index contributed by atoms with van der Waals surface area (Å²) in [7, 11) is 0. The van der Waals surface area contributed by atoms with E-state index in [1.807, 2.05) is 0 Å². The zero-order valence-electron chi connectivity index (χ0n) is 29.8. The Balaban J connectivity index is 1.58. The molecule has 4 fully saturated rings. The predicted octanol–water partition coefficient (Wildman–Crippen LogP) is 6.55. The van der Waals surface area contributed by atoms with Gasteiger partial charge >= 0.3 is 5.97 Å². The minimum Gasteiger partial charge on any atom is -0.481 e. The van der Waals surface area contributed by atoms with E-state index in [2.05, 4.69) is 87.7 Å². The molecule has 1 unspecified atom stereocenters. The third kappa shape index (κ3) is 4.48. The number of hydrogen-bond acceptors (Lipinski definition) is 6. The molecule has 0 aromatic heterocycles. The Morgan fingerprint density at radius 1 is 1.14 bits per heavy atom. The highest BCUT2D eigenvalue weighted by Crippen LogP contribution is 2.75. The van der Waals surface area contributed by atoms with E-state index in [4.69, 9.17) is 21.1 Å². The van der Waals surface area contributed by atoms with Gasteiger partial charge in [-0.05, 0) is 98.2 Å². The van der Waals surface area contributed by atoms with Crippen LogP contribution < -0.4 is 17.0 Å². The van der Waals surface area contributed by atoms with Gasteiger partial charge < -0.3 is 20.3 Å². The van der Waals surface area contributed by atoms with E-state index in [1.54, 1.807) is 0 Å². The fourth-order valence-electron chi connectivity index (χ4n) is 11.9. The molecule has 1 saturated heterocycles. The Kier molecular flexibility index (Phi) is 8.62. The molecule has 13 atom stereocenters. The number of aliphatic carboxylic acids is 1. The molecular weight excluding hydrogens is 550 g/mol. The van der Waals surface area contributed by atoms with Crippen molar-refractivity contribution in [2.45, 2.75) is 138 Å². The largest absolute Gasteiger partial charge is 0.481 e. The molecule has 1 heterocycles. The van der Waals surface area contributed by atoms with Crippen LogP contribution in [0.1, 0.15) is 115 Å². The lowest BCUT2D eigenvalue weighted by Crippen LogP contribution is -2.73. The van der Waals surface area contributed by atoms with Crippen molar-refractivity contribution in [1.29, 1.82) is 0 Å². The van der Waals surface area contributed by atoms with Crippen LogP contribution in [0.5, 0.6) is 0 Å². The molecule has 5 rings (SSSR count). The summed E-state index contributed by atoms with van der Waals surface area (Å²) in [6.07, 6.45) is 8.31. The van der Waals surface area contributed by atoms with Crippen LogP contribution in [0.15, 0.2) is 11.6 Å². The fourth-order valence-corrected chi connectivity index (χ4v) is 11.9. The number of carbonyl (C=O) groups is 1. The van der Waals surface area contributed by atoms with Gasteiger partial charge in [-0.1, -0.05) is 74.0 Å². The third-order valence-corrected chi connectivity index (χ3v) is 15.7. The molecule has 3 saturated carbocycles. The smallest absolute Gasteiger partial charge is 0.307 e. The number of allylic oxidation sites excluding steroid dienone is 1. The SMILES string of the molecule is CC(C)[C@@H](C)[C@@]1(C)CC[C@]2(C)[C@H]3CC[C@H]4[C@@]5(C)CO[C@@H](C)[C@@]4(CC(NN)[C@@H]5OC[C@](C)(N)C(C)C)C3=CC[C@@]2(C)[C@@H]1C(=O)O. The maximum absolute atomic E-state index is 13.4. The number of hydrazine groups is 1. The van der Waals surface area contributed by atoms with Crippen molar-refractivity contribution in [3.8, 4) is 0 Å². The number of nitrogens with two attached hydrogens (primary N) is 2. The molecule has 0 aromatic carbocycles. The normalized spacial score (nSPS) is 48.9. The van der Waals surface area contributed by atoms with Crippen molar-refractivity contribution < 1.29 is 19.4 Å². The number of hydrogen-bond donors (Lipinski definition) is 4. The van der Waals surface area contributed by atoms with E-state index in [0.717, 1.165) is 38.5 Å². The summed E-state index contributed by atoms with van der Waals surface area (Å²) in [6, 6.07) is -0.0281. The van der Waals surface area contributed by atoms with Gasteiger partial charge in [0.15, 0.2) is 0 Å². The Hall–Kier alpha value is -0.990. The Bertz CT molecular complexity index is 1150. The summed E-state index contributed by atoms with van der Waals surface area (Å²) in [5, 5.41) is 11.0. The van der Waals surface area contributed by atoms with Crippen molar-refractivity contribution in [2.24, 2.45) is 74.2 Å². The molecular formula is C37H65N3O4. The molecule has 1 aliphatic heterocycles. The van der Waals surface area contributed by atoms with E-state index < -0.39 is 17.4 Å². The number of fused-ring (bicyclic) bond motifs is 3. The van der Waals surface area contributed by atoms with Crippen LogP contribution in [0, 0.1) is 62.6 Å². The molecule has 252 valence electrons. The maximum atomic E-state index is 13.4. The van der Waals surface area contributed by atoms with Crippen molar-refractivity contribution in [1.82, 2.24) is 5.43 Å². The summed E-state index contributed by atoms with van der Waals surface area (Å²) < 4.78 is 13.6. The molecule has 7 nitrogen and oxygen atoms in total. The van der Waals surface area contributed by atoms with Crippen LogP contribution in [-0.4, -0.2) is 48.1 Å². The van der Waals surface area contributed by atoms with E-state index in [-0.39, 0.29) is 45.3 Å². The van der Waals surface area contributed by atoms with Crippen molar-refractivity contribution in [2.75, 3.05) is 13.2 Å². The van der Waals surface area contributed by atoms with Crippen molar-refractivity contribution >= 4 is 5.97 Å². The predicted molar refractivity (Wildman–Crippen MR) is 176 cm³/mol. The van der Waals surface area contributed by atoms with Crippen LogP contribution in [0.4, 0.5) is 0 Å². The zero-order valence-corrected chi connectivity index (χ0v) is 29.8. The van der Waals surface area contributed by atoms with Crippen LogP contribution in [0.25, 0.3) is 0 Å². The summed E-state index contributed by atoms with van der Waals surface area (Å²) in [4.78, 5) is 13.4. The van der Waals surface area contributed by atoms with Gasteiger partial charge in [0.25, 0.3) is 0 Å². The van der Waals surface area contributed by atoms with E-state index in [1.165, 1.54) is 5.57 Å². The topological polar surface area (TPSA) is 120 Å². The zero-order chi connectivity index (χ0) is 32.8. The van der Waals surface area contributed by atoms with Crippen molar-refractivity contribution in [3.05, 3.63) is 11.6 Å². The van der Waals surface area contributed by atoms with Gasteiger partial charge in [-0.2, -0.15) is 0 Å². The average molecular weight is 616 g/mol. The summed E-state index contributed by atoms with van der Waals surface area (Å²) in [5.41, 5.74) is 9.95. The molecule has 6 N–H and O–H groups in total. The molecule has 0 spiro atoms. The first-order chi connectivity index (χ1) is 20.3. The molecule has 0 amide bonds. The lowest BCUT2D eigenvalue weighted by atomic mass is 9.33. The van der Waals surface area contributed by atoms with Gasteiger partial charge in [0.05, 0.1) is 31.3 Å². The average Bonchev–Trinajstić information content (AvgIpc) is 2.94. The molecule has 0 radical (unpaired) electrons. The van der Waals surface area contributed by atoms with Crippen LogP contribution in [0.3, 0.4) is 0 Å². The first-order valence-corrected chi connectivity index (χ1v) is 17.7. The fraction of sp³-hybridized carbons (Fsp3) is 0.919. The van der Waals surface area contributed by atoms with Crippen LogP contribution >= 0.6 is 0 Å². The van der Waals surface area contributed by atoms with E-state index in [9.17, 15) is 9.90 Å². The summed E-state index contributed by atoms with van der Waals surface area (Å²) in [6.45, 7) is 26.0. The minimum atomic E-state index is -0.613. The highest BCUT2D eigenvalue weighted by molar-refractivity contribution is 5.73. The number of rotatable bonds is 8. The number of carboxylic acids is 1. The Labute approximate surface area is 268 Å². The number of nitrogens with one attached hydrogen (secondary N) is 1. The lowest BCUT2D eigenvalue weighted by molar-refractivity contribution is -0.267. The first-order valence-electron chi connectivity index (χ1n) is 17.7. The Morgan fingerprint density at radius 2 is 1.80 bits per heavy atom. The second kappa shape index (κ2) is 11.0. The van der Waals surface area contributed by atoms with Crippen molar-refractivity contribution in [3.63, 3.8) is 0 Å². The van der Waals surface area contributed by atoms with Gasteiger partial charge in [-0.25, -0.2) is 0 Å². The number of carboxylic acid groups (broad SMARTS) is 1. The monoisotopic (exact) mass is 615 g/mol. The van der Waals surface area contributed by atoms with Gasteiger partial charge in [0, 0.05) is 22.4 Å². The molecule has 2 bridgehead atoms. The highest BCUT2D eigenvalue weighted by atomic mass is 16.5. The molecule has 0 aromatic rings. The van der Waals surface area contributed by atoms with Gasteiger partial charge in [0.2, 0.25) is 0 Å².